The Hall–Kier alpha value is -2.34. The number of benzene rings is 1. The first-order chi connectivity index (χ1) is 11.1. The normalized spacial score (nSPS) is 12.1. The van der Waals surface area contributed by atoms with Crippen LogP contribution in [0.1, 0.15) is 16.8 Å². The fourth-order valence-corrected chi connectivity index (χ4v) is 2.53. The Labute approximate surface area is 140 Å². The van der Waals surface area contributed by atoms with E-state index in [1.165, 1.54) is 6.08 Å². The molecule has 1 heterocycles. The molecule has 0 aliphatic carbocycles. The van der Waals surface area contributed by atoms with E-state index in [4.69, 9.17) is 9.47 Å². The minimum atomic E-state index is -0.152. The van der Waals surface area contributed by atoms with Gasteiger partial charge in [0.15, 0.2) is 0 Å². The molecule has 5 nitrogen and oxygen atoms in total. The van der Waals surface area contributed by atoms with E-state index in [1.54, 1.807) is 30.7 Å². The monoisotopic (exact) mass is 332 g/mol. The van der Waals surface area contributed by atoms with Crippen molar-refractivity contribution in [2.45, 2.75) is 20.0 Å². The number of thiazole rings is 1. The van der Waals surface area contributed by atoms with E-state index in [1.807, 2.05) is 38.1 Å². The molecule has 2 rings (SSSR count). The Balaban J connectivity index is 1.75. The molecule has 2 aromatic rings. The zero-order chi connectivity index (χ0) is 16.7. The van der Waals surface area contributed by atoms with Crippen LogP contribution in [0.2, 0.25) is 0 Å². The minimum absolute atomic E-state index is 0.133. The summed E-state index contributed by atoms with van der Waals surface area (Å²) >= 11 is 1.55. The van der Waals surface area contributed by atoms with Crippen LogP contribution in [0.4, 0.5) is 0 Å². The van der Waals surface area contributed by atoms with Crippen LogP contribution in [0.5, 0.6) is 11.5 Å². The lowest BCUT2D eigenvalue weighted by Gasteiger charge is -2.15. The number of rotatable bonds is 7. The molecule has 0 saturated carbocycles. The number of methoxy groups -OCH3 is 1. The Kier molecular flexibility index (Phi) is 6.17. The van der Waals surface area contributed by atoms with Crippen molar-refractivity contribution in [3.05, 3.63) is 46.4 Å². The molecule has 6 heteroatoms. The van der Waals surface area contributed by atoms with Gasteiger partial charge in [-0.1, -0.05) is 0 Å². The Morgan fingerprint density at radius 3 is 2.65 bits per heavy atom. The van der Waals surface area contributed by atoms with Crippen molar-refractivity contribution in [2.75, 3.05) is 13.7 Å². The first-order valence-electron chi connectivity index (χ1n) is 7.26. The van der Waals surface area contributed by atoms with Crippen LogP contribution >= 0.6 is 11.3 Å². The van der Waals surface area contributed by atoms with Crippen molar-refractivity contribution in [1.29, 1.82) is 0 Å². The summed E-state index contributed by atoms with van der Waals surface area (Å²) in [6.45, 7) is 4.26. The molecule has 122 valence electrons. The average molecular weight is 332 g/mol. The van der Waals surface area contributed by atoms with Gasteiger partial charge in [0.1, 0.15) is 17.6 Å². The first kappa shape index (κ1) is 17.0. The molecule has 0 aliphatic rings. The average Bonchev–Trinajstić information content (AvgIpc) is 2.97. The molecule has 0 spiro atoms. The molecule has 0 aliphatic heterocycles. The van der Waals surface area contributed by atoms with Crippen molar-refractivity contribution in [3.8, 4) is 11.5 Å². The number of amides is 1. The van der Waals surface area contributed by atoms with Crippen LogP contribution in [-0.4, -0.2) is 30.6 Å². The SMILES string of the molecule is COc1ccc(OC(C)CNC(=O)/C=C/c2cnc(C)s2)cc1. The maximum atomic E-state index is 11.8. The smallest absolute Gasteiger partial charge is 0.244 e. The topological polar surface area (TPSA) is 60.5 Å². The molecule has 1 aromatic carbocycles. The Morgan fingerprint density at radius 1 is 1.35 bits per heavy atom. The third-order valence-electron chi connectivity index (χ3n) is 3.00. The zero-order valence-electron chi connectivity index (χ0n) is 13.4. The second-order valence-electron chi connectivity index (χ2n) is 4.96. The van der Waals surface area contributed by atoms with E-state index in [-0.39, 0.29) is 12.0 Å². The highest BCUT2D eigenvalue weighted by atomic mass is 32.1. The van der Waals surface area contributed by atoms with Gasteiger partial charge in [-0.15, -0.1) is 11.3 Å². The van der Waals surface area contributed by atoms with Crippen LogP contribution in [-0.2, 0) is 4.79 Å². The van der Waals surface area contributed by atoms with Gasteiger partial charge in [0.05, 0.1) is 18.7 Å². The van der Waals surface area contributed by atoms with E-state index < -0.39 is 0 Å². The molecule has 0 radical (unpaired) electrons. The van der Waals surface area contributed by atoms with Crippen molar-refractivity contribution in [3.63, 3.8) is 0 Å². The summed E-state index contributed by atoms with van der Waals surface area (Å²) < 4.78 is 10.8. The first-order valence-corrected chi connectivity index (χ1v) is 8.07. The van der Waals surface area contributed by atoms with Gasteiger partial charge >= 0.3 is 0 Å². The van der Waals surface area contributed by atoms with E-state index in [0.717, 1.165) is 21.4 Å². The van der Waals surface area contributed by atoms with Crippen LogP contribution in [0.15, 0.2) is 36.5 Å². The number of hydrogen-bond donors (Lipinski definition) is 1. The standard InChI is InChI=1S/C17H20N2O3S/c1-12(22-15-6-4-14(21-3)5-7-15)10-19-17(20)9-8-16-11-18-13(2)23-16/h4-9,11-12H,10H2,1-3H3,(H,19,20)/b9-8+. The maximum Gasteiger partial charge on any atom is 0.244 e. The van der Waals surface area contributed by atoms with Crippen molar-refractivity contribution >= 4 is 23.3 Å². The highest BCUT2D eigenvalue weighted by Gasteiger charge is 2.06. The summed E-state index contributed by atoms with van der Waals surface area (Å²) in [5.74, 6) is 1.37. The molecule has 1 atom stereocenters. The third-order valence-corrected chi connectivity index (χ3v) is 3.88. The van der Waals surface area contributed by atoms with Gasteiger partial charge in [-0.2, -0.15) is 0 Å². The molecule has 1 unspecified atom stereocenters. The number of aryl methyl sites for hydroxylation is 1. The number of aromatic nitrogens is 1. The summed E-state index contributed by atoms with van der Waals surface area (Å²) in [4.78, 5) is 16.9. The van der Waals surface area contributed by atoms with Gasteiger partial charge in [0.2, 0.25) is 5.91 Å². The second-order valence-corrected chi connectivity index (χ2v) is 6.23. The van der Waals surface area contributed by atoms with Gasteiger partial charge in [0, 0.05) is 17.2 Å². The van der Waals surface area contributed by atoms with Crippen molar-refractivity contribution in [2.24, 2.45) is 0 Å². The molecule has 1 aromatic heterocycles. The fourth-order valence-electron chi connectivity index (χ4n) is 1.84. The van der Waals surface area contributed by atoms with Crippen LogP contribution in [0, 0.1) is 6.92 Å². The largest absolute Gasteiger partial charge is 0.497 e. The highest BCUT2D eigenvalue weighted by molar-refractivity contribution is 7.12. The molecular weight excluding hydrogens is 312 g/mol. The van der Waals surface area contributed by atoms with E-state index in [0.29, 0.717) is 6.54 Å². The van der Waals surface area contributed by atoms with E-state index >= 15 is 0 Å². The molecule has 1 amide bonds. The van der Waals surface area contributed by atoms with Gasteiger partial charge in [-0.3, -0.25) is 4.79 Å². The number of carbonyl (C=O) groups excluding carboxylic acids is 1. The number of hydrogen-bond acceptors (Lipinski definition) is 5. The number of nitrogens with zero attached hydrogens (tertiary/aromatic N) is 1. The lowest BCUT2D eigenvalue weighted by atomic mass is 10.3. The number of carbonyl (C=O) groups is 1. The Bertz CT molecular complexity index is 665. The summed E-state index contributed by atoms with van der Waals surface area (Å²) in [6, 6.07) is 7.34. The van der Waals surface area contributed by atoms with E-state index in [9.17, 15) is 4.79 Å². The molecule has 0 saturated heterocycles. The quantitative estimate of drug-likeness (QED) is 0.792. The van der Waals surface area contributed by atoms with Gasteiger partial charge in [-0.05, 0) is 44.2 Å². The van der Waals surface area contributed by atoms with E-state index in [2.05, 4.69) is 10.3 Å². The lowest BCUT2D eigenvalue weighted by molar-refractivity contribution is -0.116. The van der Waals surface area contributed by atoms with Gasteiger partial charge < -0.3 is 14.8 Å². The minimum Gasteiger partial charge on any atom is -0.497 e. The molecule has 0 bridgehead atoms. The third kappa shape index (κ3) is 5.75. The number of nitrogens with one attached hydrogen (secondary N) is 1. The van der Waals surface area contributed by atoms with Gasteiger partial charge in [-0.25, -0.2) is 4.98 Å². The Morgan fingerprint density at radius 2 is 2.04 bits per heavy atom. The highest BCUT2D eigenvalue weighted by Crippen LogP contribution is 2.18. The maximum absolute atomic E-state index is 11.8. The van der Waals surface area contributed by atoms with Crippen molar-refractivity contribution in [1.82, 2.24) is 10.3 Å². The van der Waals surface area contributed by atoms with Crippen molar-refractivity contribution < 1.29 is 14.3 Å². The molecule has 0 fully saturated rings. The van der Waals surface area contributed by atoms with Crippen LogP contribution in [0.25, 0.3) is 6.08 Å². The summed E-state index contributed by atoms with van der Waals surface area (Å²) in [5.41, 5.74) is 0. The molecular formula is C17H20N2O3S. The summed E-state index contributed by atoms with van der Waals surface area (Å²) in [5, 5.41) is 3.79. The zero-order valence-corrected chi connectivity index (χ0v) is 14.2. The van der Waals surface area contributed by atoms with Crippen LogP contribution in [0.3, 0.4) is 0 Å². The van der Waals surface area contributed by atoms with Crippen LogP contribution < -0.4 is 14.8 Å². The fraction of sp³-hybridized carbons (Fsp3) is 0.294. The summed E-state index contributed by atoms with van der Waals surface area (Å²) in [7, 11) is 1.62. The number of ether oxygens (including phenoxy) is 2. The van der Waals surface area contributed by atoms with Gasteiger partial charge in [0.25, 0.3) is 0 Å². The lowest BCUT2D eigenvalue weighted by Crippen LogP contribution is -2.32. The summed E-state index contributed by atoms with van der Waals surface area (Å²) in [6.07, 6.45) is 4.88. The predicted molar refractivity (Wildman–Crippen MR) is 92.0 cm³/mol. The molecule has 23 heavy (non-hydrogen) atoms. The molecule has 1 N–H and O–H groups in total. The second kappa shape index (κ2) is 8.33. The predicted octanol–water partition coefficient (Wildman–Crippen LogP) is 3.06.